The zero-order valence-corrected chi connectivity index (χ0v) is 24.5. The highest BCUT2D eigenvalue weighted by Crippen LogP contribution is 2.41. The number of carbonyl (C=O) groups is 1. The lowest BCUT2D eigenvalue weighted by molar-refractivity contribution is -0.139. The van der Waals surface area contributed by atoms with E-state index in [1.54, 1.807) is 31.6 Å². The Balaban J connectivity index is 1.82. The Morgan fingerprint density at radius 3 is 2.49 bits per heavy atom. The lowest BCUT2D eigenvalue weighted by Crippen LogP contribution is -2.40. The minimum absolute atomic E-state index is 0.185. The molecule has 0 spiro atoms. The summed E-state index contributed by atoms with van der Waals surface area (Å²) in [7, 11) is 1.56. The molecule has 41 heavy (non-hydrogen) atoms. The fourth-order valence-corrected chi connectivity index (χ4v) is 6.16. The Labute approximate surface area is 241 Å². The van der Waals surface area contributed by atoms with Crippen molar-refractivity contribution in [3.05, 3.63) is 96.7 Å². The smallest absolute Gasteiger partial charge is 0.338 e. The number of ether oxygens (including phenoxy) is 4. The van der Waals surface area contributed by atoms with Crippen LogP contribution < -0.4 is 29.1 Å². The number of allylic oxidation sites excluding steroid dienone is 1. The van der Waals surface area contributed by atoms with Crippen LogP contribution in [0.25, 0.3) is 16.8 Å². The van der Waals surface area contributed by atoms with Crippen molar-refractivity contribution in [3.8, 4) is 17.2 Å². The summed E-state index contributed by atoms with van der Waals surface area (Å²) < 4.78 is 25.0. The number of aromatic nitrogens is 1. The largest absolute Gasteiger partial charge is 0.493 e. The molecule has 2 heterocycles. The van der Waals surface area contributed by atoms with E-state index >= 15 is 0 Å². The minimum Gasteiger partial charge on any atom is -0.493 e. The second kappa shape index (κ2) is 12.0. The van der Waals surface area contributed by atoms with Crippen molar-refractivity contribution >= 4 is 34.2 Å². The number of rotatable bonds is 9. The van der Waals surface area contributed by atoms with Gasteiger partial charge in [0.2, 0.25) is 0 Å². The molecule has 9 heteroatoms. The molecule has 0 amide bonds. The number of carbonyl (C=O) groups excluding carboxylic acids is 1. The van der Waals surface area contributed by atoms with Crippen molar-refractivity contribution in [2.24, 2.45) is 4.99 Å². The number of nitrogens with zero attached hydrogens (tertiary/aromatic N) is 2. The molecule has 1 aliphatic rings. The first kappa shape index (κ1) is 28.2. The van der Waals surface area contributed by atoms with Gasteiger partial charge in [0.15, 0.2) is 16.3 Å². The Morgan fingerprint density at radius 2 is 1.76 bits per heavy atom. The van der Waals surface area contributed by atoms with Crippen molar-refractivity contribution in [1.82, 2.24) is 4.57 Å². The highest BCUT2D eigenvalue weighted by molar-refractivity contribution is 7.07. The zero-order valence-electron chi connectivity index (χ0n) is 23.7. The normalized spacial score (nSPS) is 15.0. The van der Waals surface area contributed by atoms with E-state index in [2.05, 4.69) is 0 Å². The van der Waals surface area contributed by atoms with E-state index in [9.17, 15) is 9.59 Å². The average molecular weight is 573 g/mol. The van der Waals surface area contributed by atoms with E-state index in [0.717, 1.165) is 16.3 Å². The van der Waals surface area contributed by atoms with Crippen LogP contribution in [0.2, 0.25) is 0 Å². The molecule has 212 valence electrons. The second-order valence-electron chi connectivity index (χ2n) is 9.25. The molecule has 0 aliphatic carbocycles. The number of benzene rings is 3. The van der Waals surface area contributed by atoms with Gasteiger partial charge < -0.3 is 18.9 Å². The molecule has 5 rings (SSSR count). The molecule has 1 aromatic heterocycles. The van der Waals surface area contributed by atoms with Crippen LogP contribution in [0.5, 0.6) is 17.2 Å². The first-order valence-corrected chi connectivity index (χ1v) is 14.4. The van der Waals surface area contributed by atoms with E-state index in [0.29, 0.717) is 51.1 Å². The molecule has 0 fully saturated rings. The van der Waals surface area contributed by atoms with E-state index in [4.69, 9.17) is 23.9 Å². The maximum Gasteiger partial charge on any atom is 0.338 e. The Bertz CT molecular complexity index is 1840. The van der Waals surface area contributed by atoms with Gasteiger partial charge in [-0.05, 0) is 56.7 Å². The van der Waals surface area contributed by atoms with Gasteiger partial charge in [-0.2, -0.15) is 0 Å². The number of hydrogen-bond donors (Lipinski definition) is 0. The topological polar surface area (TPSA) is 88.4 Å². The molecule has 1 atom stereocenters. The van der Waals surface area contributed by atoms with Gasteiger partial charge in [0.25, 0.3) is 5.56 Å². The van der Waals surface area contributed by atoms with Crippen molar-refractivity contribution in [3.63, 3.8) is 0 Å². The minimum atomic E-state index is -0.831. The van der Waals surface area contributed by atoms with Gasteiger partial charge >= 0.3 is 5.97 Å². The highest BCUT2D eigenvalue weighted by Gasteiger charge is 2.36. The van der Waals surface area contributed by atoms with Crippen LogP contribution in [0.3, 0.4) is 0 Å². The lowest BCUT2D eigenvalue weighted by Gasteiger charge is -2.26. The monoisotopic (exact) mass is 572 g/mol. The molecule has 0 N–H and O–H groups in total. The summed E-state index contributed by atoms with van der Waals surface area (Å²) in [5.41, 5.74) is 1.89. The van der Waals surface area contributed by atoms with Gasteiger partial charge in [-0.1, -0.05) is 53.8 Å². The van der Waals surface area contributed by atoms with Crippen molar-refractivity contribution in [1.29, 1.82) is 0 Å². The molecule has 0 unspecified atom stereocenters. The van der Waals surface area contributed by atoms with Crippen LogP contribution in [-0.4, -0.2) is 37.5 Å². The van der Waals surface area contributed by atoms with E-state index < -0.39 is 12.0 Å². The van der Waals surface area contributed by atoms with Crippen LogP contribution >= 0.6 is 11.3 Å². The second-order valence-corrected chi connectivity index (χ2v) is 10.3. The van der Waals surface area contributed by atoms with Gasteiger partial charge in [0.05, 0.1) is 42.7 Å². The molecule has 0 saturated heterocycles. The van der Waals surface area contributed by atoms with Gasteiger partial charge in [-0.15, -0.1) is 0 Å². The zero-order chi connectivity index (χ0) is 29.1. The average Bonchev–Trinajstić information content (AvgIpc) is 3.28. The predicted molar refractivity (Wildman–Crippen MR) is 160 cm³/mol. The summed E-state index contributed by atoms with van der Waals surface area (Å²) in [5.74, 6) is 1.11. The van der Waals surface area contributed by atoms with Gasteiger partial charge in [-0.3, -0.25) is 9.36 Å². The van der Waals surface area contributed by atoms with Crippen LogP contribution in [0.15, 0.2) is 75.7 Å². The third kappa shape index (κ3) is 5.13. The quantitative estimate of drug-likeness (QED) is 0.269. The summed E-state index contributed by atoms with van der Waals surface area (Å²) in [6, 6.07) is 16.5. The molecule has 4 aromatic rings. The summed E-state index contributed by atoms with van der Waals surface area (Å²) in [6.07, 6.45) is 1.85. The molecule has 8 nitrogen and oxygen atoms in total. The Kier molecular flexibility index (Phi) is 8.26. The van der Waals surface area contributed by atoms with E-state index in [1.807, 2.05) is 68.5 Å². The maximum absolute atomic E-state index is 14.3. The summed E-state index contributed by atoms with van der Waals surface area (Å²) in [4.78, 5) is 32.8. The van der Waals surface area contributed by atoms with Crippen LogP contribution in [0, 0.1) is 0 Å². The lowest BCUT2D eigenvalue weighted by atomic mass is 9.94. The fourth-order valence-electron chi connectivity index (χ4n) is 5.13. The highest BCUT2D eigenvalue weighted by atomic mass is 32.1. The Hall–Kier alpha value is -4.37. The van der Waals surface area contributed by atoms with Gasteiger partial charge in [0, 0.05) is 11.1 Å². The number of para-hydroxylation sites is 1. The molecule has 1 aliphatic heterocycles. The molecule has 0 bridgehead atoms. The third-order valence-electron chi connectivity index (χ3n) is 6.84. The molecular formula is C32H32N2O6S. The number of hydrogen-bond acceptors (Lipinski definition) is 8. The van der Waals surface area contributed by atoms with Gasteiger partial charge in [0.1, 0.15) is 11.8 Å². The fraction of sp³-hybridized carbons (Fsp3) is 0.281. The van der Waals surface area contributed by atoms with Crippen LogP contribution in [0.1, 0.15) is 44.9 Å². The van der Waals surface area contributed by atoms with Crippen molar-refractivity contribution in [2.45, 2.75) is 33.7 Å². The standard InChI is InChI=1S/C32H32N2O6S/c1-6-38-24-17-16-20-12-9-10-13-21(20)23(24)18-26-30(35)34-28(22-14-11-15-25(37-5)29(22)39-7-2)27(31(36)40-8-3)19(4)33-32(34)41-26/h9-18,28H,6-8H2,1-5H3/b26-18+/t28-/m1/s1. The van der Waals surface area contributed by atoms with E-state index in [1.165, 1.54) is 11.3 Å². The van der Waals surface area contributed by atoms with Crippen molar-refractivity contribution < 1.29 is 23.7 Å². The number of esters is 1. The van der Waals surface area contributed by atoms with E-state index in [-0.39, 0.29) is 17.7 Å². The number of fused-ring (bicyclic) bond motifs is 2. The molecule has 0 saturated carbocycles. The van der Waals surface area contributed by atoms with Crippen LogP contribution in [0.4, 0.5) is 0 Å². The summed E-state index contributed by atoms with van der Waals surface area (Å²) in [6.45, 7) is 8.34. The molecule has 0 radical (unpaired) electrons. The summed E-state index contributed by atoms with van der Waals surface area (Å²) >= 11 is 1.26. The first-order valence-electron chi connectivity index (χ1n) is 13.6. The number of thiazole rings is 1. The third-order valence-corrected chi connectivity index (χ3v) is 7.82. The van der Waals surface area contributed by atoms with Crippen LogP contribution in [-0.2, 0) is 9.53 Å². The molecular weight excluding hydrogens is 540 g/mol. The predicted octanol–water partition coefficient (Wildman–Crippen LogP) is 4.76. The Morgan fingerprint density at radius 1 is 0.976 bits per heavy atom. The first-order chi connectivity index (χ1) is 19.9. The maximum atomic E-state index is 14.3. The molecule has 3 aromatic carbocycles. The SMILES string of the molecule is CCOC(=O)C1=C(C)N=c2s/c(=C/c3c(OCC)ccc4ccccc34)c(=O)n2[C@@H]1c1cccc(OC)c1OCC. The van der Waals surface area contributed by atoms with Gasteiger partial charge in [-0.25, -0.2) is 9.79 Å². The van der Waals surface area contributed by atoms with Crippen molar-refractivity contribution in [2.75, 3.05) is 26.9 Å². The number of methoxy groups -OCH3 is 1. The summed E-state index contributed by atoms with van der Waals surface area (Å²) in [5, 5.41) is 2.00.